The maximum Gasteiger partial charge on any atom is 0.306 e. The Hall–Kier alpha value is -3.67. The first-order valence-electron chi connectivity index (χ1n) is 30.7. The summed E-state index contributed by atoms with van der Waals surface area (Å²) in [7, 11) is 0. The quantitative estimate of drug-likeness (QED) is 0.0261. The van der Waals surface area contributed by atoms with Gasteiger partial charge in [0.1, 0.15) is 13.2 Å². The first-order valence-corrected chi connectivity index (χ1v) is 30.7. The van der Waals surface area contributed by atoms with Gasteiger partial charge in [-0.1, -0.05) is 266 Å². The smallest absolute Gasteiger partial charge is 0.306 e. The Morgan fingerprint density at radius 1 is 0.288 bits per heavy atom. The van der Waals surface area contributed by atoms with Crippen LogP contribution in [-0.2, 0) is 28.6 Å². The fraction of sp³-hybridized carbons (Fsp3) is 0.716. The molecule has 0 radical (unpaired) electrons. The van der Waals surface area contributed by atoms with E-state index in [9.17, 15) is 14.4 Å². The number of hydrogen-bond donors (Lipinski definition) is 0. The molecule has 0 aliphatic carbocycles. The van der Waals surface area contributed by atoms with Gasteiger partial charge in [-0.05, 0) is 103 Å². The van der Waals surface area contributed by atoms with Crippen LogP contribution in [0.3, 0.4) is 0 Å². The topological polar surface area (TPSA) is 78.9 Å². The standard InChI is InChI=1S/C67H114O6/c1-4-7-10-13-16-19-22-25-26-27-28-29-30-31-32-33-34-35-36-37-38-39-40-41-42-43-46-48-51-54-57-60-66(69)72-63-64(73-67(70)61-58-55-52-49-45-24-21-18-15-12-9-6-3)62-71-65(68)59-56-53-50-47-44-23-20-17-14-11-8-5-2/h7,10,16,18-19,21,25-26,28-29,31-32,34-35,37-38,64H,4-6,8-9,11-15,17,20,22-24,27,30,33,36,39-63H2,1-3H3/b10-7-,19-16-,21-18-,26-25-,29-28-,32-31-,35-34-,38-37-. The molecule has 1 atom stereocenters. The van der Waals surface area contributed by atoms with Gasteiger partial charge in [0.2, 0.25) is 0 Å². The molecule has 0 saturated carbocycles. The van der Waals surface area contributed by atoms with E-state index >= 15 is 0 Å². The Bertz CT molecular complexity index is 1440. The van der Waals surface area contributed by atoms with Crippen molar-refractivity contribution < 1.29 is 28.6 Å². The first-order chi connectivity index (χ1) is 36.0. The third-order valence-electron chi connectivity index (χ3n) is 13.1. The monoisotopic (exact) mass is 1010 g/mol. The van der Waals surface area contributed by atoms with E-state index in [2.05, 4.69) is 118 Å². The van der Waals surface area contributed by atoms with Gasteiger partial charge in [0.05, 0.1) is 0 Å². The zero-order valence-electron chi connectivity index (χ0n) is 47.9. The predicted molar refractivity (Wildman–Crippen MR) is 316 cm³/mol. The van der Waals surface area contributed by atoms with Crippen molar-refractivity contribution in [3.8, 4) is 0 Å². The van der Waals surface area contributed by atoms with Gasteiger partial charge in [0, 0.05) is 19.3 Å². The minimum absolute atomic E-state index is 0.0795. The molecule has 0 bridgehead atoms. The molecule has 0 fully saturated rings. The number of unbranched alkanes of at least 4 members (excludes halogenated alkanes) is 28. The van der Waals surface area contributed by atoms with Crippen molar-refractivity contribution in [2.24, 2.45) is 0 Å². The van der Waals surface area contributed by atoms with Crippen LogP contribution in [0.4, 0.5) is 0 Å². The summed E-state index contributed by atoms with van der Waals surface area (Å²) in [6, 6.07) is 0. The lowest BCUT2D eigenvalue weighted by Crippen LogP contribution is -2.30. The van der Waals surface area contributed by atoms with Crippen molar-refractivity contribution >= 4 is 17.9 Å². The van der Waals surface area contributed by atoms with Crippen LogP contribution < -0.4 is 0 Å². The van der Waals surface area contributed by atoms with Crippen LogP contribution in [0.2, 0.25) is 0 Å². The average Bonchev–Trinajstić information content (AvgIpc) is 3.39. The minimum Gasteiger partial charge on any atom is -0.462 e. The molecule has 0 aromatic rings. The lowest BCUT2D eigenvalue weighted by molar-refractivity contribution is -0.167. The summed E-state index contributed by atoms with van der Waals surface area (Å²) in [5, 5.41) is 0. The molecule has 0 saturated heterocycles. The predicted octanol–water partition coefficient (Wildman–Crippen LogP) is 20.9. The third-order valence-corrected chi connectivity index (χ3v) is 13.1. The zero-order valence-corrected chi connectivity index (χ0v) is 47.9. The Morgan fingerprint density at radius 2 is 0.534 bits per heavy atom. The maximum absolute atomic E-state index is 12.8. The van der Waals surface area contributed by atoms with Gasteiger partial charge >= 0.3 is 17.9 Å². The van der Waals surface area contributed by atoms with Crippen LogP contribution in [0.5, 0.6) is 0 Å². The maximum atomic E-state index is 12.8. The molecule has 0 aromatic heterocycles. The lowest BCUT2D eigenvalue weighted by Gasteiger charge is -2.18. The molecule has 418 valence electrons. The summed E-state index contributed by atoms with van der Waals surface area (Å²) in [4.78, 5) is 38.1. The number of allylic oxidation sites excluding steroid dienone is 16. The molecule has 0 spiro atoms. The van der Waals surface area contributed by atoms with E-state index in [1.54, 1.807) is 0 Å². The third kappa shape index (κ3) is 59.1. The van der Waals surface area contributed by atoms with Crippen molar-refractivity contribution in [2.45, 2.75) is 297 Å². The fourth-order valence-corrected chi connectivity index (χ4v) is 8.48. The molecule has 0 rings (SSSR count). The van der Waals surface area contributed by atoms with Gasteiger partial charge in [-0.15, -0.1) is 0 Å². The Kier molecular flexibility index (Phi) is 57.8. The van der Waals surface area contributed by atoms with E-state index in [0.717, 1.165) is 122 Å². The Labute approximate surface area is 451 Å². The Balaban J connectivity index is 4.20. The van der Waals surface area contributed by atoms with Crippen molar-refractivity contribution in [3.63, 3.8) is 0 Å². The second kappa shape index (κ2) is 60.9. The highest BCUT2D eigenvalue weighted by Gasteiger charge is 2.19. The first kappa shape index (κ1) is 69.3. The van der Waals surface area contributed by atoms with E-state index in [4.69, 9.17) is 14.2 Å². The van der Waals surface area contributed by atoms with Gasteiger partial charge in [-0.25, -0.2) is 0 Å². The number of rotatable bonds is 55. The van der Waals surface area contributed by atoms with Crippen LogP contribution in [-0.4, -0.2) is 37.2 Å². The van der Waals surface area contributed by atoms with E-state index in [1.165, 1.54) is 128 Å². The highest BCUT2D eigenvalue weighted by molar-refractivity contribution is 5.71. The van der Waals surface area contributed by atoms with Crippen molar-refractivity contribution in [3.05, 3.63) is 97.2 Å². The average molecular weight is 1020 g/mol. The van der Waals surface area contributed by atoms with Gasteiger partial charge in [-0.2, -0.15) is 0 Å². The Morgan fingerprint density at radius 3 is 0.877 bits per heavy atom. The summed E-state index contributed by atoms with van der Waals surface area (Å²) >= 11 is 0. The van der Waals surface area contributed by atoms with Gasteiger partial charge in [0.25, 0.3) is 0 Å². The fourth-order valence-electron chi connectivity index (χ4n) is 8.48. The van der Waals surface area contributed by atoms with Crippen molar-refractivity contribution in [1.82, 2.24) is 0 Å². The second-order valence-electron chi connectivity index (χ2n) is 20.2. The van der Waals surface area contributed by atoms with Crippen LogP contribution >= 0.6 is 0 Å². The normalized spacial score (nSPS) is 12.8. The largest absolute Gasteiger partial charge is 0.462 e. The minimum atomic E-state index is -0.782. The van der Waals surface area contributed by atoms with Crippen molar-refractivity contribution in [1.29, 1.82) is 0 Å². The molecule has 6 nitrogen and oxygen atoms in total. The number of hydrogen-bond acceptors (Lipinski definition) is 6. The van der Waals surface area contributed by atoms with Crippen molar-refractivity contribution in [2.75, 3.05) is 13.2 Å². The van der Waals surface area contributed by atoms with Crippen LogP contribution in [0, 0.1) is 0 Å². The molecule has 1 unspecified atom stereocenters. The highest BCUT2D eigenvalue weighted by Crippen LogP contribution is 2.16. The second-order valence-corrected chi connectivity index (χ2v) is 20.2. The van der Waals surface area contributed by atoms with Gasteiger partial charge in [0.15, 0.2) is 6.10 Å². The molecular formula is C67H114O6. The van der Waals surface area contributed by atoms with E-state index in [-0.39, 0.29) is 31.1 Å². The molecule has 73 heavy (non-hydrogen) atoms. The van der Waals surface area contributed by atoms with Gasteiger partial charge in [-0.3, -0.25) is 14.4 Å². The number of esters is 3. The summed E-state index contributed by atoms with van der Waals surface area (Å²) in [5.41, 5.74) is 0. The van der Waals surface area contributed by atoms with E-state index in [1.807, 2.05) is 0 Å². The molecule has 6 heteroatoms. The summed E-state index contributed by atoms with van der Waals surface area (Å²) in [5.74, 6) is -0.889. The van der Waals surface area contributed by atoms with Gasteiger partial charge < -0.3 is 14.2 Å². The van der Waals surface area contributed by atoms with Crippen LogP contribution in [0.25, 0.3) is 0 Å². The molecule has 0 amide bonds. The van der Waals surface area contributed by atoms with Crippen LogP contribution in [0.1, 0.15) is 290 Å². The van der Waals surface area contributed by atoms with E-state index in [0.29, 0.717) is 19.3 Å². The number of carbonyl (C=O) groups excluding carboxylic acids is 3. The molecule has 0 aromatic carbocycles. The highest BCUT2D eigenvalue weighted by atomic mass is 16.6. The molecule has 0 heterocycles. The lowest BCUT2D eigenvalue weighted by atomic mass is 10.0. The SMILES string of the molecule is CC/C=C\C/C=C\C/C=C\C/C=C\C/C=C\C/C=C\C/C=C\CCCCCCCCCCCC(=O)OCC(COC(=O)CCCCCCCCCCCCCC)OC(=O)CCCCCCC/C=C\CCCCC. The van der Waals surface area contributed by atoms with E-state index < -0.39 is 6.10 Å². The molecular weight excluding hydrogens is 901 g/mol. The molecule has 0 N–H and O–H groups in total. The summed E-state index contributed by atoms with van der Waals surface area (Å²) < 4.78 is 16.8. The molecule has 0 aliphatic rings. The number of ether oxygens (including phenoxy) is 3. The van der Waals surface area contributed by atoms with Crippen LogP contribution in [0.15, 0.2) is 97.2 Å². The zero-order chi connectivity index (χ0) is 52.9. The summed E-state index contributed by atoms with van der Waals surface area (Å²) in [6.45, 7) is 6.50. The number of carbonyl (C=O) groups is 3. The molecule has 0 aliphatic heterocycles. The summed E-state index contributed by atoms with van der Waals surface area (Å²) in [6.07, 6.45) is 81.3.